The molecule has 17 heavy (non-hydrogen) atoms. The van der Waals surface area contributed by atoms with Crippen LogP contribution in [0.1, 0.15) is 18.4 Å². The SMILES string of the molecule is O=C1CCC(Cc2ccc(Cl)cc2Cl)C(=O)O1. The van der Waals surface area contributed by atoms with Crippen molar-refractivity contribution in [1.82, 2.24) is 0 Å². The number of rotatable bonds is 2. The Morgan fingerprint density at radius 1 is 1.29 bits per heavy atom. The Balaban J connectivity index is 2.10. The van der Waals surface area contributed by atoms with Gasteiger partial charge in [0.05, 0.1) is 5.92 Å². The normalized spacial score (nSPS) is 20.2. The van der Waals surface area contributed by atoms with Gasteiger partial charge >= 0.3 is 11.9 Å². The lowest BCUT2D eigenvalue weighted by Gasteiger charge is -2.19. The molecule has 0 N–H and O–H groups in total. The van der Waals surface area contributed by atoms with E-state index in [4.69, 9.17) is 23.2 Å². The van der Waals surface area contributed by atoms with E-state index in [1.54, 1.807) is 18.2 Å². The van der Waals surface area contributed by atoms with Crippen LogP contribution < -0.4 is 0 Å². The third kappa shape index (κ3) is 2.99. The molecule has 0 aliphatic carbocycles. The molecular weight excluding hydrogens is 263 g/mol. The van der Waals surface area contributed by atoms with Crippen LogP contribution in [0.15, 0.2) is 18.2 Å². The van der Waals surface area contributed by atoms with Crippen molar-refractivity contribution < 1.29 is 14.3 Å². The first-order chi connectivity index (χ1) is 8.06. The molecule has 1 saturated heterocycles. The summed E-state index contributed by atoms with van der Waals surface area (Å²) in [5, 5.41) is 1.09. The summed E-state index contributed by atoms with van der Waals surface area (Å²) in [6.07, 6.45) is 1.26. The lowest BCUT2D eigenvalue weighted by Crippen LogP contribution is -2.29. The highest BCUT2D eigenvalue weighted by Crippen LogP contribution is 2.27. The van der Waals surface area contributed by atoms with Gasteiger partial charge in [0.15, 0.2) is 0 Å². The van der Waals surface area contributed by atoms with Crippen molar-refractivity contribution in [2.75, 3.05) is 0 Å². The maximum atomic E-state index is 11.5. The van der Waals surface area contributed by atoms with Crippen molar-refractivity contribution in [2.24, 2.45) is 5.92 Å². The first kappa shape index (κ1) is 12.4. The zero-order valence-corrected chi connectivity index (χ0v) is 10.4. The Kier molecular flexibility index (Phi) is 3.69. The van der Waals surface area contributed by atoms with Crippen LogP contribution in [0.4, 0.5) is 0 Å². The Labute approximate surface area is 109 Å². The van der Waals surface area contributed by atoms with Gasteiger partial charge in [0, 0.05) is 16.5 Å². The quantitative estimate of drug-likeness (QED) is 0.614. The van der Waals surface area contributed by atoms with Crippen molar-refractivity contribution in [3.05, 3.63) is 33.8 Å². The van der Waals surface area contributed by atoms with Crippen LogP contribution in [0.3, 0.4) is 0 Å². The minimum absolute atomic E-state index is 0.279. The zero-order chi connectivity index (χ0) is 12.4. The van der Waals surface area contributed by atoms with Crippen molar-refractivity contribution >= 4 is 35.1 Å². The molecule has 90 valence electrons. The Bertz CT molecular complexity index is 471. The number of benzene rings is 1. The smallest absolute Gasteiger partial charge is 0.316 e. The van der Waals surface area contributed by atoms with Gasteiger partial charge in [-0.25, -0.2) is 0 Å². The molecule has 0 bridgehead atoms. The van der Waals surface area contributed by atoms with Gasteiger partial charge in [-0.05, 0) is 30.5 Å². The summed E-state index contributed by atoms with van der Waals surface area (Å²) in [6.45, 7) is 0. The highest BCUT2D eigenvalue weighted by atomic mass is 35.5. The van der Waals surface area contributed by atoms with Crippen molar-refractivity contribution in [2.45, 2.75) is 19.3 Å². The van der Waals surface area contributed by atoms with Gasteiger partial charge in [-0.1, -0.05) is 29.3 Å². The summed E-state index contributed by atoms with van der Waals surface area (Å²) in [5.74, 6) is -1.22. The van der Waals surface area contributed by atoms with Crippen LogP contribution in [0.5, 0.6) is 0 Å². The summed E-state index contributed by atoms with van der Waals surface area (Å²) in [6, 6.07) is 5.15. The van der Waals surface area contributed by atoms with E-state index in [0.29, 0.717) is 22.9 Å². The van der Waals surface area contributed by atoms with Gasteiger partial charge in [-0.15, -0.1) is 0 Å². The molecule has 2 rings (SSSR count). The van der Waals surface area contributed by atoms with Crippen LogP contribution in [-0.4, -0.2) is 11.9 Å². The maximum absolute atomic E-state index is 11.5. The monoisotopic (exact) mass is 272 g/mol. The van der Waals surface area contributed by atoms with Crippen molar-refractivity contribution in [3.63, 3.8) is 0 Å². The van der Waals surface area contributed by atoms with Crippen LogP contribution in [0.2, 0.25) is 10.0 Å². The highest BCUT2D eigenvalue weighted by molar-refractivity contribution is 6.35. The number of hydrogen-bond acceptors (Lipinski definition) is 3. The number of esters is 2. The number of ether oxygens (including phenoxy) is 1. The molecule has 3 nitrogen and oxygen atoms in total. The lowest BCUT2D eigenvalue weighted by atomic mass is 9.93. The van der Waals surface area contributed by atoms with Crippen LogP contribution >= 0.6 is 23.2 Å². The van der Waals surface area contributed by atoms with E-state index in [9.17, 15) is 9.59 Å². The zero-order valence-electron chi connectivity index (χ0n) is 8.91. The summed E-state index contributed by atoms with van der Waals surface area (Å²) in [5.41, 5.74) is 0.840. The summed E-state index contributed by atoms with van der Waals surface area (Å²) in [4.78, 5) is 22.4. The lowest BCUT2D eigenvalue weighted by molar-refractivity contribution is -0.167. The number of carbonyl (C=O) groups is 2. The van der Waals surface area contributed by atoms with E-state index in [-0.39, 0.29) is 12.3 Å². The molecule has 1 aromatic rings. The predicted molar refractivity (Wildman–Crippen MR) is 64.0 cm³/mol. The van der Waals surface area contributed by atoms with E-state index in [1.807, 2.05) is 0 Å². The van der Waals surface area contributed by atoms with Crippen LogP contribution in [-0.2, 0) is 20.7 Å². The first-order valence-corrected chi connectivity index (χ1v) is 6.00. The van der Waals surface area contributed by atoms with Gasteiger partial charge in [0.25, 0.3) is 0 Å². The highest BCUT2D eigenvalue weighted by Gasteiger charge is 2.29. The number of halogens is 2. The van der Waals surface area contributed by atoms with Gasteiger partial charge in [0.2, 0.25) is 0 Å². The number of carbonyl (C=O) groups excluding carboxylic acids is 2. The van der Waals surface area contributed by atoms with E-state index in [0.717, 1.165) is 5.56 Å². The molecule has 1 atom stereocenters. The minimum atomic E-state index is -0.465. The molecule has 1 aliphatic heterocycles. The van der Waals surface area contributed by atoms with E-state index < -0.39 is 11.9 Å². The first-order valence-electron chi connectivity index (χ1n) is 5.24. The second kappa shape index (κ2) is 5.07. The standard InChI is InChI=1S/C12H10Cl2O3/c13-9-3-1-7(10(14)6-9)5-8-2-4-11(15)17-12(8)16/h1,3,6,8H,2,4-5H2. The summed E-state index contributed by atoms with van der Waals surface area (Å²) >= 11 is 11.8. The molecule has 0 radical (unpaired) electrons. The van der Waals surface area contributed by atoms with Gasteiger partial charge in [-0.3, -0.25) is 9.59 Å². The Morgan fingerprint density at radius 3 is 2.71 bits per heavy atom. The third-order valence-corrected chi connectivity index (χ3v) is 3.31. The van der Waals surface area contributed by atoms with Gasteiger partial charge < -0.3 is 4.74 Å². The molecule has 1 aromatic carbocycles. The maximum Gasteiger partial charge on any atom is 0.316 e. The van der Waals surface area contributed by atoms with Crippen LogP contribution in [0, 0.1) is 5.92 Å². The average Bonchev–Trinajstić information content (AvgIpc) is 2.25. The van der Waals surface area contributed by atoms with E-state index in [1.165, 1.54) is 0 Å². The molecular formula is C12H10Cl2O3. The summed E-state index contributed by atoms with van der Waals surface area (Å²) in [7, 11) is 0. The van der Waals surface area contributed by atoms with Crippen molar-refractivity contribution in [1.29, 1.82) is 0 Å². The second-order valence-electron chi connectivity index (χ2n) is 3.97. The number of hydrogen-bond donors (Lipinski definition) is 0. The summed E-state index contributed by atoms with van der Waals surface area (Å²) < 4.78 is 4.59. The van der Waals surface area contributed by atoms with E-state index >= 15 is 0 Å². The molecule has 1 aliphatic rings. The molecule has 0 spiro atoms. The number of cyclic esters (lactones) is 2. The fraction of sp³-hybridized carbons (Fsp3) is 0.333. The third-order valence-electron chi connectivity index (χ3n) is 2.73. The molecule has 1 heterocycles. The Hall–Kier alpha value is -1.06. The molecule has 1 fully saturated rings. The van der Waals surface area contributed by atoms with Gasteiger partial charge in [0.1, 0.15) is 0 Å². The van der Waals surface area contributed by atoms with E-state index in [2.05, 4.69) is 4.74 Å². The molecule has 0 amide bonds. The molecule has 1 unspecified atom stereocenters. The predicted octanol–water partition coefficient (Wildman–Crippen LogP) is 3.02. The molecule has 0 aromatic heterocycles. The second-order valence-corrected chi connectivity index (χ2v) is 4.81. The fourth-order valence-electron chi connectivity index (χ4n) is 1.79. The Morgan fingerprint density at radius 2 is 2.06 bits per heavy atom. The molecule has 5 heteroatoms. The fourth-order valence-corrected chi connectivity index (χ4v) is 2.28. The largest absolute Gasteiger partial charge is 0.393 e. The van der Waals surface area contributed by atoms with Crippen molar-refractivity contribution in [3.8, 4) is 0 Å². The topological polar surface area (TPSA) is 43.4 Å². The minimum Gasteiger partial charge on any atom is -0.393 e. The van der Waals surface area contributed by atoms with Gasteiger partial charge in [-0.2, -0.15) is 0 Å². The van der Waals surface area contributed by atoms with Crippen LogP contribution in [0.25, 0.3) is 0 Å². The average molecular weight is 273 g/mol. The molecule has 0 saturated carbocycles.